The molecule has 0 aromatic heterocycles. The molecule has 3 rings (SSSR count). The number of hydrogen-bond donors (Lipinski definition) is 2. The highest BCUT2D eigenvalue weighted by molar-refractivity contribution is 6.59. The standard InChI is InChI=1S/C15H21BO5/c17-16(18)13-3-1-2-4-14(13)21-12-5-8-20-15(11-12)6-9-19-10-7-15/h1-4,12,17-18H,5-11H2. The summed E-state index contributed by atoms with van der Waals surface area (Å²) in [6, 6.07) is 7.06. The lowest BCUT2D eigenvalue weighted by molar-refractivity contribution is -0.155. The van der Waals surface area contributed by atoms with Crippen molar-refractivity contribution in [2.75, 3.05) is 19.8 Å². The summed E-state index contributed by atoms with van der Waals surface area (Å²) in [5, 5.41) is 18.8. The maximum Gasteiger partial charge on any atom is 0.492 e. The van der Waals surface area contributed by atoms with E-state index >= 15 is 0 Å². The molecule has 1 aromatic carbocycles. The van der Waals surface area contributed by atoms with Crippen LogP contribution < -0.4 is 10.2 Å². The Kier molecular flexibility index (Phi) is 4.49. The Morgan fingerprint density at radius 1 is 1.14 bits per heavy atom. The van der Waals surface area contributed by atoms with E-state index in [4.69, 9.17) is 14.2 Å². The minimum absolute atomic E-state index is 0.0387. The number of para-hydroxylation sites is 1. The topological polar surface area (TPSA) is 68.2 Å². The molecule has 2 aliphatic heterocycles. The van der Waals surface area contributed by atoms with Crippen LogP contribution in [0.3, 0.4) is 0 Å². The molecule has 0 bridgehead atoms. The van der Waals surface area contributed by atoms with Gasteiger partial charge in [-0.1, -0.05) is 18.2 Å². The van der Waals surface area contributed by atoms with Crippen LogP contribution in [0.15, 0.2) is 24.3 Å². The van der Waals surface area contributed by atoms with Crippen molar-refractivity contribution < 1.29 is 24.3 Å². The molecule has 2 heterocycles. The highest BCUT2D eigenvalue weighted by atomic mass is 16.5. The van der Waals surface area contributed by atoms with Crippen LogP contribution in [0, 0.1) is 0 Å². The predicted octanol–water partition coefficient (Wildman–Crippen LogP) is 0.473. The second-order valence-corrected chi connectivity index (χ2v) is 5.79. The van der Waals surface area contributed by atoms with Crippen LogP contribution in [0.2, 0.25) is 0 Å². The summed E-state index contributed by atoms with van der Waals surface area (Å²) in [7, 11) is -1.52. The van der Waals surface area contributed by atoms with Gasteiger partial charge in [-0.2, -0.15) is 0 Å². The maximum absolute atomic E-state index is 9.41. The van der Waals surface area contributed by atoms with Gasteiger partial charge in [-0.15, -0.1) is 0 Å². The maximum atomic E-state index is 9.41. The molecule has 21 heavy (non-hydrogen) atoms. The van der Waals surface area contributed by atoms with E-state index < -0.39 is 7.12 Å². The van der Waals surface area contributed by atoms with Gasteiger partial charge in [0, 0.05) is 31.5 Å². The highest BCUT2D eigenvalue weighted by Gasteiger charge is 2.40. The first-order valence-electron chi connectivity index (χ1n) is 7.52. The minimum Gasteiger partial charge on any atom is -0.491 e. The fourth-order valence-electron chi connectivity index (χ4n) is 3.16. The Bertz CT molecular complexity index is 467. The van der Waals surface area contributed by atoms with Gasteiger partial charge >= 0.3 is 7.12 Å². The number of hydrogen-bond acceptors (Lipinski definition) is 5. The Labute approximate surface area is 125 Å². The summed E-state index contributed by atoms with van der Waals surface area (Å²) in [6.45, 7) is 2.14. The second kappa shape index (κ2) is 6.36. The SMILES string of the molecule is OB(O)c1ccccc1OC1CCOC2(CCOCC2)C1. The Morgan fingerprint density at radius 3 is 2.67 bits per heavy atom. The van der Waals surface area contributed by atoms with Crippen LogP contribution in [0.25, 0.3) is 0 Å². The molecule has 2 fully saturated rings. The molecular formula is C15H21BO5. The van der Waals surface area contributed by atoms with Gasteiger partial charge in [-0.05, 0) is 18.9 Å². The quantitative estimate of drug-likeness (QED) is 0.793. The molecule has 5 nitrogen and oxygen atoms in total. The van der Waals surface area contributed by atoms with Gasteiger partial charge in [0.25, 0.3) is 0 Å². The zero-order valence-corrected chi connectivity index (χ0v) is 12.0. The Balaban J connectivity index is 1.70. The van der Waals surface area contributed by atoms with Gasteiger partial charge in [-0.3, -0.25) is 0 Å². The van der Waals surface area contributed by atoms with Gasteiger partial charge in [-0.25, -0.2) is 0 Å². The van der Waals surface area contributed by atoms with Gasteiger partial charge in [0.05, 0.1) is 12.2 Å². The van der Waals surface area contributed by atoms with E-state index in [9.17, 15) is 10.0 Å². The summed E-state index contributed by atoms with van der Waals surface area (Å²) in [6.07, 6.45) is 3.48. The number of rotatable bonds is 3. The minimum atomic E-state index is -1.52. The molecule has 2 saturated heterocycles. The molecule has 1 unspecified atom stereocenters. The normalized spacial score (nSPS) is 24.8. The molecule has 1 spiro atoms. The van der Waals surface area contributed by atoms with Gasteiger partial charge < -0.3 is 24.3 Å². The predicted molar refractivity (Wildman–Crippen MR) is 78.7 cm³/mol. The molecule has 2 aliphatic rings. The third-order valence-corrected chi connectivity index (χ3v) is 4.34. The summed E-state index contributed by atoms with van der Waals surface area (Å²) < 4.78 is 17.4. The molecule has 2 N–H and O–H groups in total. The first-order valence-corrected chi connectivity index (χ1v) is 7.52. The van der Waals surface area contributed by atoms with E-state index in [1.54, 1.807) is 18.2 Å². The fourth-order valence-corrected chi connectivity index (χ4v) is 3.16. The fraction of sp³-hybridized carbons (Fsp3) is 0.600. The zero-order chi connectivity index (χ0) is 14.7. The molecule has 1 atom stereocenters. The van der Waals surface area contributed by atoms with E-state index in [-0.39, 0.29) is 11.7 Å². The second-order valence-electron chi connectivity index (χ2n) is 5.79. The van der Waals surface area contributed by atoms with E-state index in [1.165, 1.54) is 0 Å². The first-order chi connectivity index (χ1) is 10.2. The lowest BCUT2D eigenvalue weighted by atomic mass is 9.79. The lowest BCUT2D eigenvalue weighted by Gasteiger charge is -2.43. The van der Waals surface area contributed by atoms with Gasteiger partial charge in [0.1, 0.15) is 11.9 Å². The lowest BCUT2D eigenvalue weighted by Crippen LogP contribution is -2.47. The molecule has 0 aliphatic carbocycles. The summed E-state index contributed by atoms with van der Waals surface area (Å²) in [5.74, 6) is 0.543. The average Bonchev–Trinajstić information content (AvgIpc) is 2.48. The third-order valence-electron chi connectivity index (χ3n) is 4.34. The van der Waals surface area contributed by atoms with Crippen molar-refractivity contribution in [3.05, 3.63) is 24.3 Å². The Hall–Kier alpha value is -1.08. The van der Waals surface area contributed by atoms with Crippen molar-refractivity contribution >= 4 is 12.6 Å². The van der Waals surface area contributed by atoms with E-state index in [2.05, 4.69) is 0 Å². The summed E-state index contributed by atoms with van der Waals surface area (Å²) in [5.41, 5.74) is 0.276. The first kappa shape index (κ1) is 14.8. The van der Waals surface area contributed by atoms with Crippen molar-refractivity contribution in [3.63, 3.8) is 0 Å². The highest BCUT2D eigenvalue weighted by Crippen LogP contribution is 2.35. The van der Waals surface area contributed by atoms with Gasteiger partial charge in [0.2, 0.25) is 0 Å². The molecule has 0 saturated carbocycles. The van der Waals surface area contributed by atoms with Crippen molar-refractivity contribution in [1.82, 2.24) is 0 Å². The molecule has 114 valence electrons. The van der Waals surface area contributed by atoms with E-state index in [0.717, 1.165) is 38.9 Å². The number of ether oxygens (including phenoxy) is 3. The Morgan fingerprint density at radius 2 is 1.90 bits per heavy atom. The van der Waals surface area contributed by atoms with E-state index in [0.29, 0.717) is 17.8 Å². The molecule has 1 aromatic rings. The summed E-state index contributed by atoms with van der Waals surface area (Å²) >= 11 is 0. The van der Waals surface area contributed by atoms with Crippen LogP contribution >= 0.6 is 0 Å². The van der Waals surface area contributed by atoms with Crippen LogP contribution in [0.5, 0.6) is 5.75 Å². The van der Waals surface area contributed by atoms with E-state index in [1.807, 2.05) is 6.07 Å². The average molecular weight is 292 g/mol. The van der Waals surface area contributed by atoms with Crippen LogP contribution in [0.4, 0.5) is 0 Å². The van der Waals surface area contributed by atoms with Crippen molar-refractivity contribution in [1.29, 1.82) is 0 Å². The van der Waals surface area contributed by atoms with Crippen molar-refractivity contribution in [2.45, 2.75) is 37.4 Å². The number of benzene rings is 1. The monoisotopic (exact) mass is 292 g/mol. The molecule has 6 heteroatoms. The van der Waals surface area contributed by atoms with Gasteiger partial charge in [0.15, 0.2) is 0 Å². The van der Waals surface area contributed by atoms with Crippen LogP contribution in [0.1, 0.15) is 25.7 Å². The largest absolute Gasteiger partial charge is 0.492 e. The molecule has 0 amide bonds. The van der Waals surface area contributed by atoms with Crippen LogP contribution in [-0.2, 0) is 9.47 Å². The van der Waals surface area contributed by atoms with Crippen molar-refractivity contribution in [2.24, 2.45) is 0 Å². The molecule has 0 radical (unpaired) electrons. The molecular weight excluding hydrogens is 271 g/mol. The van der Waals surface area contributed by atoms with Crippen LogP contribution in [-0.4, -0.2) is 48.7 Å². The summed E-state index contributed by atoms with van der Waals surface area (Å²) in [4.78, 5) is 0. The van der Waals surface area contributed by atoms with Crippen molar-refractivity contribution in [3.8, 4) is 5.75 Å². The zero-order valence-electron chi connectivity index (χ0n) is 12.0. The smallest absolute Gasteiger partial charge is 0.491 e. The third kappa shape index (κ3) is 3.40.